The Morgan fingerprint density at radius 2 is 2.05 bits per heavy atom. The van der Waals surface area contributed by atoms with E-state index in [0.29, 0.717) is 6.04 Å². The molecule has 0 radical (unpaired) electrons. The maximum atomic E-state index is 5.28. The lowest BCUT2D eigenvalue weighted by Gasteiger charge is -2.39. The normalized spacial score (nSPS) is 23.5. The Morgan fingerprint density at radius 1 is 1.38 bits per heavy atom. The molecule has 0 aliphatic carbocycles. The van der Waals surface area contributed by atoms with Crippen LogP contribution in [0.25, 0.3) is 0 Å². The van der Waals surface area contributed by atoms with E-state index < -0.39 is 0 Å². The first-order valence-corrected chi connectivity index (χ1v) is 7.92. The number of hydrogen-bond donors (Lipinski definition) is 2. The maximum absolute atomic E-state index is 5.28. The number of guanidine groups is 1. The summed E-state index contributed by atoms with van der Waals surface area (Å²) < 4.78 is 5.28. The highest BCUT2D eigenvalue weighted by atomic mass is 16.5. The molecule has 120 valence electrons. The third kappa shape index (κ3) is 5.00. The number of aliphatic imine (C=N–C) groups is 1. The van der Waals surface area contributed by atoms with Gasteiger partial charge in [0.05, 0.1) is 13.2 Å². The van der Waals surface area contributed by atoms with Crippen molar-refractivity contribution in [3.05, 3.63) is 12.2 Å². The number of piperidine rings is 1. The standard InChI is InChI=1S/C16H30N4O/c1-13(2)9-20-7-5-14(6-8-20)19-15(17-4)18-10-16(3)11-21-12-16/h14H,1,5-12H2,2-4H3,(H2,17,18,19). The molecule has 0 unspecified atom stereocenters. The van der Waals surface area contributed by atoms with Gasteiger partial charge >= 0.3 is 0 Å². The monoisotopic (exact) mass is 294 g/mol. The van der Waals surface area contributed by atoms with Crippen LogP contribution in [0.1, 0.15) is 26.7 Å². The van der Waals surface area contributed by atoms with Crippen molar-refractivity contribution in [2.24, 2.45) is 10.4 Å². The second kappa shape index (κ2) is 7.27. The van der Waals surface area contributed by atoms with Gasteiger partial charge in [-0.25, -0.2) is 0 Å². The molecule has 2 saturated heterocycles. The van der Waals surface area contributed by atoms with Gasteiger partial charge in [0.15, 0.2) is 5.96 Å². The van der Waals surface area contributed by atoms with Gasteiger partial charge in [-0.2, -0.15) is 0 Å². The molecule has 0 spiro atoms. The predicted octanol–water partition coefficient (Wildman–Crippen LogP) is 1.23. The topological polar surface area (TPSA) is 48.9 Å². The van der Waals surface area contributed by atoms with Crippen molar-refractivity contribution in [1.29, 1.82) is 0 Å². The van der Waals surface area contributed by atoms with E-state index in [4.69, 9.17) is 4.74 Å². The van der Waals surface area contributed by atoms with Gasteiger partial charge in [-0.15, -0.1) is 0 Å². The molecule has 0 atom stereocenters. The molecular weight excluding hydrogens is 264 g/mol. The Balaban J connectivity index is 1.69. The molecule has 0 saturated carbocycles. The SMILES string of the molecule is C=C(C)CN1CCC(NC(=NC)NCC2(C)COC2)CC1. The van der Waals surface area contributed by atoms with E-state index >= 15 is 0 Å². The summed E-state index contributed by atoms with van der Waals surface area (Å²) in [6.07, 6.45) is 2.32. The average molecular weight is 294 g/mol. The van der Waals surface area contributed by atoms with Gasteiger partial charge in [-0.05, 0) is 19.8 Å². The molecule has 2 N–H and O–H groups in total. The molecule has 2 fully saturated rings. The molecule has 0 aromatic rings. The number of hydrogen-bond acceptors (Lipinski definition) is 3. The Morgan fingerprint density at radius 3 is 2.52 bits per heavy atom. The summed E-state index contributed by atoms with van der Waals surface area (Å²) in [6.45, 7) is 14.2. The van der Waals surface area contributed by atoms with E-state index in [-0.39, 0.29) is 5.41 Å². The molecule has 0 bridgehead atoms. The van der Waals surface area contributed by atoms with Crippen molar-refractivity contribution in [1.82, 2.24) is 15.5 Å². The van der Waals surface area contributed by atoms with Gasteiger partial charge in [0.2, 0.25) is 0 Å². The summed E-state index contributed by atoms with van der Waals surface area (Å²) in [5, 5.41) is 6.98. The highest BCUT2D eigenvalue weighted by Crippen LogP contribution is 2.25. The summed E-state index contributed by atoms with van der Waals surface area (Å²) in [7, 11) is 1.84. The minimum atomic E-state index is 0.266. The summed E-state index contributed by atoms with van der Waals surface area (Å²) in [5.41, 5.74) is 1.51. The third-order valence-electron chi connectivity index (χ3n) is 4.23. The fraction of sp³-hybridized carbons (Fsp3) is 0.812. The summed E-state index contributed by atoms with van der Waals surface area (Å²) in [4.78, 5) is 6.81. The first-order chi connectivity index (χ1) is 10.0. The summed E-state index contributed by atoms with van der Waals surface area (Å²) in [5.74, 6) is 0.918. The van der Waals surface area contributed by atoms with Crippen LogP contribution in [-0.2, 0) is 4.74 Å². The molecule has 0 aromatic heterocycles. The van der Waals surface area contributed by atoms with Gasteiger partial charge in [0, 0.05) is 44.7 Å². The van der Waals surface area contributed by atoms with Gasteiger partial charge in [0.25, 0.3) is 0 Å². The number of likely N-dealkylation sites (tertiary alicyclic amines) is 1. The fourth-order valence-electron chi connectivity index (χ4n) is 2.85. The van der Waals surface area contributed by atoms with E-state index in [1.165, 1.54) is 5.57 Å². The number of nitrogens with one attached hydrogen (secondary N) is 2. The lowest BCUT2D eigenvalue weighted by Crippen LogP contribution is -2.53. The fourth-order valence-corrected chi connectivity index (χ4v) is 2.85. The molecule has 0 aromatic carbocycles. The Bertz CT molecular complexity index is 382. The Kier molecular flexibility index (Phi) is 5.65. The molecule has 21 heavy (non-hydrogen) atoms. The summed E-state index contributed by atoms with van der Waals surface area (Å²) >= 11 is 0. The van der Waals surface area contributed by atoms with Gasteiger partial charge in [-0.1, -0.05) is 19.1 Å². The van der Waals surface area contributed by atoms with Crippen LogP contribution in [-0.4, -0.2) is 63.3 Å². The molecule has 2 aliphatic rings. The number of nitrogens with zero attached hydrogens (tertiary/aromatic N) is 2. The predicted molar refractivity (Wildman–Crippen MR) is 87.7 cm³/mol. The van der Waals surface area contributed by atoms with E-state index in [0.717, 1.165) is 58.2 Å². The maximum Gasteiger partial charge on any atom is 0.191 e. The Hall–Kier alpha value is -1.07. The second-order valence-corrected chi connectivity index (χ2v) is 6.88. The molecule has 2 rings (SSSR count). The van der Waals surface area contributed by atoms with E-state index in [1.807, 2.05) is 7.05 Å². The minimum absolute atomic E-state index is 0.266. The highest BCUT2D eigenvalue weighted by Gasteiger charge is 2.33. The van der Waals surface area contributed by atoms with Crippen LogP contribution < -0.4 is 10.6 Å². The largest absolute Gasteiger partial charge is 0.380 e. The third-order valence-corrected chi connectivity index (χ3v) is 4.23. The molecule has 0 amide bonds. The van der Waals surface area contributed by atoms with Crippen LogP contribution in [0.15, 0.2) is 17.1 Å². The molecular formula is C16H30N4O. The zero-order valence-corrected chi connectivity index (χ0v) is 13.7. The van der Waals surface area contributed by atoms with Crippen LogP contribution in [0.4, 0.5) is 0 Å². The van der Waals surface area contributed by atoms with Crippen molar-refractivity contribution in [3.63, 3.8) is 0 Å². The van der Waals surface area contributed by atoms with Crippen molar-refractivity contribution in [3.8, 4) is 0 Å². The van der Waals surface area contributed by atoms with Gasteiger partial charge in [0.1, 0.15) is 0 Å². The minimum Gasteiger partial charge on any atom is -0.380 e. The Labute approximate surface area is 128 Å². The summed E-state index contributed by atoms with van der Waals surface area (Å²) in [6, 6.07) is 0.517. The van der Waals surface area contributed by atoms with Gasteiger partial charge < -0.3 is 15.4 Å². The lowest BCUT2D eigenvalue weighted by atomic mass is 9.89. The smallest absolute Gasteiger partial charge is 0.191 e. The van der Waals surface area contributed by atoms with Crippen LogP contribution in [0, 0.1) is 5.41 Å². The lowest BCUT2D eigenvalue weighted by molar-refractivity contribution is -0.0971. The van der Waals surface area contributed by atoms with Crippen molar-refractivity contribution in [2.75, 3.05) is 46.4 Å². The molecule has 5 nitrogen and oxygen atoms in total. The van der Waals surface area contributed by atoms with Crippen LogP contribution >= 0.6 is 0 Å². The van der Waals surface area contributed by atoms with Crippen molar-refractivity contribution in [2.45, 2.75) is 32.7 Å². The molecule has 5 heteroatoms. The van der Waals surface area contributed by atoms with Crippen LogP contribution in [0.2, 0.25) is 0 Å². The van der Waals surface area contributed by atoms with E-state index in [9.17, 15) is 0 Å². The van der Waals surface area contributed by atoms with Crippen molar-refractivity contribution < 1.29 is 4.74 Å². The second-order valence-electron chi connectivity index (χ2n) is 6.88. The first kappa shape index (κ1) is 16.3. The van der Waals surface area contributed by atoms with Gasteiger partial charge in [-0.3, -0.25) is 9.89 Å². The molecule has 2 heterocycles. The van der Waals surface area contributed by atoms with Crippen molar-refractivity contribution >= 4 is 5.96 Å². The van der Waals surface area contributed by atoms with Crippen LogP contribution in [0.3, 0.4) is 0 Å². The van der Waals surface area contributed by atoms with Crippen LogP contribution in [0.5, 0.6) is 0 Å². The number of ether oxygens (including phenoxy) is 1. The average Bonchev–Trinajstić information content (AvgIpc) is 2.42. The highest BCUT2D eigenvalue weighted by molar-refractivity contribution is 5.80. The van der Waals surface area contributed by atoms with E-state index in [1.54, 1.807) is 0 Å². The first-order valence-electron chi connectivity index (χ1n) is 7.92. The quantitative estimate of drug-likeness (QED) is 0.455. The van der Waals surface area contributed by atoms with E-state index in [2.05, 4.69) is 41.0 Å². The zero-order chi connectivity index (χ0) is 15.3. The number of rotatable bonds is 5. The molecule has 2 aliphatic heterocycles. The zero-order valence-electron chi connectivity index (χ0n) is 13.7.